The van der Waals surface area contributed by atoms with E-state index in [1.165, 1.54) is 12.1 Å². The smallest absolute Gasteiger partial charge is 0.477 e. The van der Waals surface area contributed by atoms with Crippen molar-refractivity contribution < 1.29 is 45.4 Å². The van der Waals surface area contributed by atoms with E-state index in [1.54, 1.807) is 13.0 Å². The van der Waals surface area contributed by atoms with Crippen molar-refractivity contribution >= 4 is 23.5 Å². The van der Waals surface area contributed by atoms with Crippen molar-refractivity contribution in [3.63, 3.8) is 0 Å². The van der Waals surface area contributed by atoms with E-state index in [0.29, 0.717) is 30.8 Å². The minimum absolute atomic E-state index is 0.111. The van der Waals surface area contributed by atoms with Crippen LogP contribution in [0.15, 0.2) is 84.9 Å². The van der Waals surface area contributed by atoms with Crippen molar-refractivity contribution in [3.8, 4) is 5.88 Å². The number of hydrogen-bond acceptors (Lipinski definition) is 6. The molecule has 0 aliphatic carbocycles. The standard InChI is InChI=1S/C33H30ClF6N3O4/c1-22-18-27(42-43(22)20-28(44)47-30(45)33(38,39)40)46-17-9-16-41-21-31(24-11-4-2-5-12-24,25-13-6-3-7-14-25)19-23-10-8-15-26(29(23)34)32(35,36)37/h2-8,10-15,18,41H,9,16-17,19-21H2,1H3. The highest BCUT2D eigenvalue weighted by Crippen LogP contribution is 2.41. The molecule has 3 aromatic carbocycles. The van der Waals surface area contributed by atoms with Gasteiger partial charge in [0.05, 0.1) is 17.2 Å². The third-order valence-corrected chi connectivity index (χ3v) is 7.83. The molecule has 0 saturated heterocycles. The molecule has 7 nitrogen and oxygen atoms in total. The van der Waals surface area contributed by atoms with E-state index in [1.807, 2.05) is 60.7 Å². The van der Waals surface area contributed by atoms with Crippen LogP contribution in [0.2, 0.25) is 5.02 Å². The maximum atomic E-state index is 13.7. The summed E-state index contributed by atoms with van der Waals surface area (Å²) in [5.74, 6) is -3.93. The largest absolute Gasteiger partial charge is 0.491 e. The van der Waals surface area contributed by atoms with Crippen LogP contribution in [0.25, 0.3) is 0 Å². The zero-order valence-corrected chi connectivity index (χ0v) is 25.8. The van der Waals surface area contributed by atoms with Gasteiger partial charge >= 0.3 is 24.3 Å². The number of nitrogens with one attached hydrogen (secondary N) is 1. The van der Waals surface area contributed by atoms with Crippen LogP contribution in [-0.4, -0.2) is 47.6 Å². The first-order chi connectivity index (χ1) is 22.2. The van der Waals surface area contributed by atoms with E-state index >= 15 is 0 Å². The Morgan fingerprint density at radius 3 is 2.09 bits per heavy atom. The van der Waals surface area contributed by atoms with Gasteiger partial charge in [-0.25, -0.2) is 9.59 Å². The fraction of sp³-hybridized carbons (Fsp3) is 0.303. The molecule has 1 N–H and O–H groups in total. The molecule has 1 heterocycles. The SMILES string of the molecule is Cc1cc(OCCCNCC(Cc2cccc(C(F)(F)F)c2Cl)(c2ccccc2)c2ccccc2)nn1CC(=O)OC(=O)C(F)(F)F. The first-order valence-corrected chi connectivity index (χ1v) is 14.7. The molecule has 0 aliphatic rings. The van der Waals surface area contributed by atoms with Gasteiger partial charge in [0.15, 0.2) is 0 Å². The van der Waals surface area contributed by atoms with Gasteiger partial charge in [-0.1, -0.05) is 84.4 Å². The van der Waals surface area contributed by atoms with Crippen LogP contribution in [0.5, 0.6) is 5.88 Å². The Morgan fingerprint density at radius 1 is 0.894 bits per heavy atom. The molecule has 4 rings (SSSR count). The Bertz CT molecular complexity index is 1620. The summed E-state index contributed by atoms with van der Waals surface area (Å²) in [6.07, 6.45) is -9.28. The van der Waals surface area contributed by atoms with Crippen molar-refractivity contribution in [2.45, 2.75) is 44.1 Å². The molecule has 0 unspecified atom stereocenters. The van der Waals surface area contributed by atoms with Crippen molar-refractivity contribution in [2.75, 3.05) is 19.7 Å². The molecule has 0 aliphatic heterocycles. The lowest BCUT2D eigenvalue weighted by molar-refractivity contribution is -0.202. The van der Waals surface area contributed by atoms with Gasteiger partial charge in [-0.2, -0.15) is 26.3 Å². The van der Waals surface area contributed by atoms with Gasteiger partial charge in [-0.05, 0) is 49.1 Å². The van der Waals surface area contributed by atoms with E-state index in [-0.39, 0.29) is 23.9 Å². The molecule has 0 saturated carbocycles. The summed E-state index contributed by atoms with van der Waals surface area (Å²) in [7, 11) is 0. The third kappa shape index (κ3) is 9.13. The second-order valence-electron chi connectivity index (χ2n) is 10.7. The zero-order chi connectivity index (χ0) is 34.2. The number of nitrogens with zero attached hydrogens (tertiary/aromatic N) is 2. The summed E-state index contributed by atoms with van der Waals surface area (Å²) in [6.45, 7) is 1.76. The van der Waals surface area contributed by atoms with Crippen LogP contribution in [0.4, 0.5) is 26.3 Å². The maximum Gasteiger partial charge on any atom is 0.491 e. The van der Waals surface area contributed by atoms with Gasteiger partial charge in [0.25, 0.3) is 0 Å². The second-order valence-corrected chi connectivity index (χ2v) is 11.1. The number of alkyl halides is 6. The molecule has 47 heavy (non-hydrogen) atoms. The molecule has 1 aromatic heterocycles. The molecule has 0 fully saturated rings. The summed E-state index contributed by atoms with van der Waals surface area (Å²) < 4.78 is 88.7. The number of aryl methyl sites for hydroxylation is 1. The summed E-state index contributed by atoms with van der Waals surface area (Å²) in [4.78, 5) is 22.6. The molecular weight excluding hydrogens is 652 g/mol. The van der Waals surface area contributed by atoms with Crippen LogP contribution >= 0.6 is 11.6 Å². The Hall–Kier alpha value is -4.36. The lowest BCUT2D eigenvalue weighted by atomic mass is 9.70. The summed E-state index contributed by atoms with van der Waals surface area (Å²) in [5, 5.41) is 7.09. The van der Waals surface area contributed by atoms with Crippen LogP contribution < -0.4 is 10.1 Å². The van der Waals surface area contributed by atoms with Crippen LogP contribution in [0, 0.1) is 6.92 Å². The van der Waals surface area contributed by atoms with E-state index < -0.39 is 41.8 Å². The molecule has 250 valence electrons. The van der Waals surface area contributed by atoms with Crippen LogP contribution in [0.3, 0.4) is 0 Å². The molecule has 0 bridgehead atoms. The predicted octanol–water partition coefficient (Wildman–Crippen LogP) is 7.08. The average molecular weight is 682 g/mol. The van der Waals surface area contributed by atoms with Gasteiger partial charge in [0, 0.05) is 23.7 Å². The molecule has 14 heteroatoms. The van der Waals surface area contributed by atoms with E-state index in [0.717, 1.165) is 21.9 Å². The van der Waals surface area contributed by atoms with Crippen molar-refractivity contribution in [1.82, 2.24) is 15.1 Å². The number of carbonyl (C=O) groups is 2. The zero-order valence-electron chi connectivity index (χ0n) is 25.0. The van der Waals surface area contributed by atoms with Crippen LogP contribution in [0.1, 0.15) is 34.4 Å². The highest BCUT2D eigenvalue weighted by Gasteiger charge is 2.42. The number of carbonyl (C=O) groups excluding carboxylic acids is 2. The van der Waals surface area contributed by atoms with E-state index in [4.69, 9.17) is 16.3 Å². The van der Waals surface area contributed by atoms with E-state index in [9.17, 15) is 35.9 Å². The maximum absolute atomic E-state index is 13.7. The van der Waals surface area contributed by atoms with Gasteiger partial charge < -0.3 is 14.8 Å². The Balaban J connectivity index is 1.45. The van der Waals surface area contributed by atoms with Crippen molar-refractivity contribution in [3.05, 3.63) is 118 Å². The topological polar surface area (TPSA) is 82.4 Å². The number of benzene rings is 3. The summed E-state index contributed by atoms with van der Waals surface area (Å²) >= 11 is 6.37. The monoisotopic (exact) mass is 681 g/mol. The quantitative estimate of drug-likeness (QED) is 0.0703. The normalized spacial score (nSPS) is 12.2. The predicted molar refractivity (Wildman–Crippen MR) is 161 cm³/mol. The first-order valence-electron chi connectivity index (χ1n) is 14.4. The second kappa shape index (κ2) is 15.0. The number of halogens is 7. The van der Waals surface area contributed by atoms with Gasteiger partial charge in [-0.3, -0.25) is 4.68 Å². The number of hydrogen-bond donors (Lipinski definition) is 1. The minimum atomic E-state index is -5.30. The fourth-order valence-corrected chi connectivity index (χ4v) is 5.41. The summed E-state index contributed by atoms with van der Waals surface area (Å²) in [5.41, 5.74) is 0.770. The van der Waals surface area contributed by atoms with Gasteiger partial charge in [0.1, 0.15) is 6.54 Å². The number of aromatic nitrogens is 2. The highest BCUT2D eigenvalue weighted by atomic mass is 35.5. The Morgan fingerprint density at radius 2 is 1.51 bits per heavy atom. The minimum Gasteiger partial charge on any atom is -0.477 e. The molecule has 4 aromatic rings. The molecule has 0 radical (unpaired) electrons. The Kier molecular flexibility index (Phi) is 11.4. The third-order valence-electron chi connectivity index (χ3n) is 7.38. The fourth-order valence-electron chi connectivity index (χ4n) is 5.11. The van der Waals surface area contributed by atoms with Gasteiger partial charge in [0.2, 0.25) is 5.88 Å². The van der Waals surface area contributed by atoms with Crippen molar-refractivity contribution in [1.29, 1.82) is 0 Å². The van der Waals surface area contributed by atoms with E-state index in [2.05, 4.69) is 15.2 Å². The first kappa shape index (κ1) is 35.5. The average Bonchev–Trinajstić information content (AvgIpc) is 3.36. The number of ether oxygens (including phenoxy) is 2. The highest BCUT2D eigenvalue weighted by molar-refractivity contribution is 6.32. The number of esters is 2. The molecular formula is C33H30ClF6N3O4. The molecule has 0 atom stereocenters. The lowest BCUT2D eigenvalue weighted by Crippen LogP contribution is -2.42. The lowest BCUT2D eigenvalue weighted by Gasteiger charge is -2.36. The molecule has 0 amide bonds. The van der Waals surface area contributed by atoms with Crippen molar-refractivity contribution in [2.24, 2.45) is 0 Å². The summed E-state index contributed by atoms with van der Waals surface area (Å²) in [6, 6.07) is 24.2. The molecule has 0 spiro atoms. The van der Waals surface area contributed by atoms with Crippen LogP contribution in [-0.2, 0) is 38.9 Å². The Labute approximate surface area is 271 Å². The number of rotatable bonds is 13. The van der Waals surface area contributed by atoms with Gasteiger partial charge in [-0.15, -0.1) is 5.10 Å².